The molecular weight excluding hydrogens is 505 g/mol. The molecule has 0 spiro atoms. The maximum Gasteiger partial charge on any atom is 0.234 e. The molecule has 0 aliphatic heterocycles. The first-order valence-corrected chi connectivity index (χ1v) is 12.6. The van der Waals surface area contributed by atoms with Crippen LogP contribution in [0, 0.1) is 0 Å². The van der Waals surface area contributed by atoms with Gasteiger partial charge in [-0.25, -0.2) is 0 Å². The van der Waals surface area contributed by atoms with Crippen LogP contribution in [-0.4, -0.2) is 33.0 Å². The van der Waals surface area contributed by atoms with Crippen LogP contribution >= 0.6 is 35.0 Å². The Morgan fingerprint density at radius 1 is 0.971 bits per heavy atom. The van der Waals surface area contributed by atoms with Crippen LogP contribution in [-0.2, 0) is 11.3 Å². The molecule has 0 radical (unpaired) electrons. The monoisotopic (exact) mass is 527 g/mol. The second-order valence-electron chi connectivity index (χ2n) is 7.35. The number of ether oxygens (including phenoxy) is 1. The van der Waals surface area contributed by atoms with Gasteiger partial charge in [-0.05, 0) is 61.5 Å². The second kappa shape index (κ2) is 12.0. The lowest BCUT2D eigenvalue weighted by molar-refractivity contribution is -0.113. The van der Waals surface area contributed by atoms with E-state index in [2.05, 4.69) is 20.8 Å². The molecule has 0 atom stereocenters. The van der Waals surface area contributed by atoms with Gasteiger partial charge in [0.05, 0.1) is 28.9 Å². The van der Waals surface area contributed by atoms with E-state index in [4.69, 9.17) is 27.9 Å². The number of aromatic nitrogens is 3. The summed E-state index contributed by atoms with van der Waals surface area (Å²) in [6.07, 6.45) is 0. The van der Waals surface area contributed by atoms with Crippen molar-refractivity contribution in [3.63, 3.8) is 0 Å². The van der Waals surface area contributed by atoms with Gasteiger partial charge >= 0.3 is 0 Å². The van der Waals surface area contributed by atoms with E-state index < -0.39 is 0 Å². The van der Waals surface area contributed by atoms with Crippen LogP contribution in [0.3, 0.4) is 0 Å². The third-order valence-corrected chi connectivity index (χ3v) is 6.53. The highest BCUT2D eigenvalue weighted by molar-refractivity contribution is 7.99. The molecule has 0 bridgehead atoms. The molecule has 10 heteroatoms. The fraction of sp³-hybridized carbons (Fsp3) is 0.160. The summed E-state index contributed by atoms with van der Waals surface area (Å²) in [5.41, 5.74) is 2.43. The lowest BCUT2D eigenvalue weighted by Gasteiger charge is -2.12. The van der Waals surface area contributed by atoms with Crippen LogP contribution in [0.25, 0.3) is 5.69 Å². The van der Waals surface area contributed by atoms with E-state index in [9.17, 15) is 4.79 Å². The third-order valence-electron chi connectivity index (χ3n) is 4.87. The summed E-state index contributed by atoms with van der Waals surface area (Å²) in [6.45, 7) is 3.03. The van der Waals surface area contributed by atoms with E-state index in [0.29, 0.717) is 34.0 Å². The van der Waals surface area contributed by atoms with Gasteiger partial charge in [0, 0.05) is 17.1 Å². The summed E-state index contributed by atoms with van der Waals surface area (Å²) in [6, 6.07) is 22.5. The molecule has 0 saturated carbocycles. The normalized spacial score (nSPS) is 10.7. The highest BCUT2D eigenvalue weighted by Crippen LogP contribution is 2.26. The molecule has 3 aromatic carbocycles. The number of amides is 1. The van der Waals surface area contributed by atoms with Gasteiger partial charge in [-0.1, -0.05) is 53.2 Å². The molecule has 4 aromatic rings. The Morgan fingerprint density at radius 2 is 1.71 bits per heavy atom. The number of nitrogens with zero attached hydrogens (tertiary/aromatic N) is 3. The first-order chi connectivity index (χ1) is 17.0. The number of thioether (sulfide) groups is 1. The zero-order valence-corrected chi connectivity index (χ0v) is 21.2. The molecule has 1 aromatic heterocycles. The summed E-state index contributed by atoms with van der Waals surface area (Å²) >= 11 is 13.3. The van der Waals surface area contributed by atoms with Gasteiger partial charge in [-0.2, -0.15) is 0 Å². The van der Waals surface area contributed by atoms with Crippen LogP contribution in [0.4, 0.5) is 11.4 Å². The highest BCUT2D eigenvalue weighted by Gasteiger charge is 2.16. The summed E-state index contributed by atoms with van der Waals surface area (Å²) in [4.78, 5) is 12.5. The third kappa shape index (κ3) is 6.69. The van der Waals surface area contributed by atoms with E-state index in [1.165, 1.54) is 11.8 Å². The largest absolute Gasteiger partial charge is 0.494 e. The molecule has 0 aliphatic carbocycles. The van der Waals surface area contributed by atoms with Crippen molar-refractivity contribution in [3.8, 4) is 11.4 Å². The second-order valence-corrected chi connectivity index (χ2v) is 9.10. The van der Waals surface area contributed by atoms with Crippen molar-refractivity contribution < 1.29 is 9.53 Å². The molecule has 0 aliphatic rings. The van der Waals surface area contributed by atoms with Gasteiger partial charge in [0.1, 0.15) is 5.75 Å². The maximum absolute atomic E-state index is 12.5. The van der Waals surface area contributed by atoms with Crippen LogP contribution in [0.5, 0.6) is 5.75 Å². The molecule has 0 unspecified atom stereocenters. The number of halogens is 2. The molecule has 35 heavy (non-hydrogen) atoms. The van der Waals surface area contributed by atoms with Crippen molar-refractivity contribution in [2.45, 2.75) is 18.6 Å². The van der Waals surface area contributed by atoms with E-state index in [0.717, 1.165) is 22.9 Å². The summed E-state index contributed by atoms with van der Waals surface area (Å²) in [5, 5.41) is 16.3. The standard InChI is InChI=1S/C25H23Cl2N5O2S/c1-2-34-20-11-8-17(9-12-20)28-15-23-30-31-25(32(23)19-6-4-3-5-7-19)35-16-24(33)29-18-10-13-21(26)22(27)14-18/h3-14,28H,2,15-16H2,1H3,(H,29,33). The van der Waals surface area contributed by atoms with Crippen molar-refractivity contribution in [1.29, 1.82) is 0 Å². The van der Waals surface area contributed by atoms with Gasteiger partial charge in [0.25, 0.3) is 0 Å². The number of hydrogen-bond acceptors (Lipinski definition) is 6. The smallest absolute Gasteiger partial charge is 0.234 e. The number of anilines is 2. The van der Waals surface area contributed by atoms with E-state index in [1.54, 1.807) is 18.2 Å². The number of rotatable bonds is 10. The number of carbonyl (C=O) groups is 1. The van der Waals surface area contributed by atoms with Gasteiger partial charge in [0.2, 0.25) is 5.91 Å². The topological polar surface area (TPSA) is 81.1 Å². The summed E-state index contributed by atoms with van der Waals surface area (Å²) in [5.74, 6) is 1.50. The highest BCUT2D eigenvalue weighted by atomic mass is 35.5. The number of nitrogens with one attached hydrogen (secondary N) is 2. The lowest BCUT2D eigenvalue weighted by Crippen LogP contribution is -2.15. The average molecular weight is 528 g/mol. The Hall–Kier alpha value is -3.20. The molecule has 2 N–H and O–H groups in total. The van der Waals surface area contributed by atoms with Crippen molar-refractivity contribution >= 4 is 52.2 Å². The first-order valence-electron chi connectivity index (χ1n) is 10.9. The van der Waals surface area contributed by atoms with Gasteiger partial charge in [-0.15, -0.1) is 10.2 Å². The number of hydrogen-bond donors (Lipinski definition) is 2. The molecular formula is C25H23Cl2N5O2S. The Labute approximate surface area is 217 Å². The molecule has 7 nitrogen and oxygen atoms in total. The Kier molecular flexibility index (Phi) is 8.52. The van der Waals surface area contributed by atoms with Crippen LogP contribution in [0.15, 0.2) is 78.0 Å². The molecule has 180 valence electrons. The van der Waals surface area contributed by atoms with Crippen molar-refractivity contribution in [3.05, 3.63) is 88.7 Å². The minimum atomic E-state index is -0.190. The van der Waals surface area contributed by atoms with Crippen LogP contribution < -0.4 is 15.4 Å². The average Bonchev–Trinajstić information content (AvgIpc) is 3.28. The quantitative estimate of drug-likeness (QED) is 0.235. The Morgan fingerprint density at radius 3 is 2.43 bits per heavy atom. The van der Waals surface area contributed by atoms with E-state index in [-0.39, 0.29) is 11.7 Å². The van der Waals surface area contributed by atoms with Crippen LogP contribution in [0.1, 0.15) is 12.7 Å². The Balaban J connectivity index is 1.46. The SMILES string of the molecule is CCOc1ccc(NCc2nnc(SCC(=O)Nc3ccc(Cl)c(Cl)c3)n2-c2ccccc2)cc1. The molecule has 1 amide bonds. The summed E-state index contributed by atoms with van der Waals surface area (Å²) in [7, 11) is 0. The van der Waals surface area contributed by atoms with Gasteiger partial charge in [0.15, 0.2) is 11.0 Å². The number of para-hydroxylation sites is 1. The Bertz CT molecular complexity index is 1280. The molecule has 0 saturated heterocycles. The zero-order valence-electron chi connectivity index (χ0n) is 18.9. The van der Waals surface area contributed by atoms with Gasteiger partial charge in [-0.3, -0.25) is 9.36 Å². The van der Waals surface area contributed by atoms with Gasteiger partial charge < -0.3 is 15.4 Å². The predicted molar refractivity (Wildman–Crippen MR) is 142 cm³/mol. The first kappa shape index (κ1) is 24.9. The minimum Gasteiger partial charge on any atom is -0.494 e. The zero-order chi connectivity index (χ0) is 24.6. The lowest BCUT2D eigenvalue weighted by atomic mass is 10.3. The van der Waals surface area contributed by atoms with Crippen molar-refractivity contribution in [2.75, 3.05) is 23.0 Å². The minimum absolute atomic E-state index is 0.150. The van der Waals surface area contributed by atoms with E-state index in [1.807, 2.05) is 66.1 Å². The van der Waals surface area contributed by atoms with Crippen molar-refractivity contribution in [1.82, 2.24) is 14.8 Å². The van der Waals surface area contributed by atoms with Crippen molar-refractivity contribution in [2.24, 2.45) is 0 Å². The predicted octanol–water partition coefficient (Wildman–Crippen LogP) is 6.32. The van der Waals surface area contributed by atoms with Crippen LogP contribution in [0.2, 0.25) is 10.0 Å². The molecule has 0 fully saturated rings. The number of carbonyl (C=O) groups excluding carboxylic acids is 1. The fourth-order valence-corrected chi connectivity index (χ4v) is 4.33. The number of benzene rings is 3. The summed E-state index contributed by atoms with van der Waals surface area (Å²) < 4.78 is 7.44. The van der Waals surface area contributed by atoms with E-state index >= 15 is 0 Å². The maximum atomic E-state index is 12.5. The molecule has 4 rings (SSSR count). The fourth-order valence-electron chi connectivity index (χ4n) is 3.26. The molecule has 1 heterocycles.